The SMILES string of the molecule is CC.CNCCNC(=O)CNCCOCCOCCN. The largest absolute Gasteiger partial charge is 0.378 e. The Balaban J connectivity index is 0. The Bertz CT molecular complexity index is 194. The van der Waals surface area contributed by atoms with Crippen LogP contribution in [0.25, 0.3) is 0 Å². The Morgan fingerprint density at radius 1 is 1.00 bits per heavy atom. The fourth-order valence-electron chi connectivity index (χ4n) is 1.14. The Labute approximate surface area is 123 Å². The van der Waals surface area contributed by atoms with Crippen LogP contribution in [0.2, 0.25) is 0 Å². The second-order valence-corrected chi connectivity index (χ2v) is 3.64. The van der Waals surface area contributed by atoms with Crippen LogP contribution in [-0.2, 0) is 14.3 Å². The van der Waals surface area contributed by atoms with Gasteiger partial charge in [0.05, 0.1) is 33.0 Å². The van der Waals surface area contributed by atoms with E-state index in [1.165, 1.54) is 0 Å². The zero-order valence-corrected chi connectivity index (χ0v) is 13.2. The maximum absolute atomic E-state index is 11.3. The lowest BCUT2D eigenvalue weighted by atomic mass is 10.5. The van der Waals surface area contributed by atoms with E-state index in [1.807, 2.05) is 20.9 Å². The number of likely N-dealkylation sites (N-methyl/N-ethyl adjacent to an activating group) is 1. The molecule has 0 aliphatic rings. The Hall–Kier alpha value is -0.730. The molecule has 1 amide bonds. The van der Waals surface area contributed by atoms with Gasteiger partial charge in [0.2, 0.25) is 5.91 Å². The van der Waals surface area contributed by atoms with Crippen LogP contribution in [0.3, 0.4) is 0 Å². The third kappa shape index (κ3) is 19.6. The zero-order valence-electron chi connectivity index (χ0n) is 13.2. The molecule has 7 nitrogen and oxygen atoms in total. The van der Waals surface area contributed by atoms with Gasteiger partial charge in [0.15, 0.2) is 0 Å². The van der Waals surface area contributed by atoms with Crippen LogP contribution in [0.4, 0.5) is 0 Å². The van der Waals surface area contributed by atoms with E-state index in [1.54, 1.807) is 0 Å². The van der Waals surface area contributed by atoms with Crippen molar-refractivity contribution in [3.63, 3.8) is 0 Å². The third-order valence-electron chi connectivity index (χ3n) is 2.04. The lowest BCUT2D eigenvalue weighted by Gasteiger charge is -2.07. The molecule has 20 heavy (non-hydrogen) atoms. The van der Waals surface area contributed by atoms with E-state index < -0.39 is 0 Å². The molecular formula is C13H32N4O3. The predicted octanol–water partition coefficient (Wildman–Crippen LogP) is -1.07. The Kier molecular flexibility index (Phi) is 22.2. The summed E-state index contributed by atoms with van der Waals surface area (Å²) in [4.78, 5) is 11.3. The van der Waals surface area contributed by atoms with E-state index in [0.717, 1.165) is 6.54 Å². The van der Waals surface area contributed by atoms with Crippen molar-refractivity contribution < 1.29 is 14.3 Å². The summed E-state index contributed by atoms with van der Waals surface area (Å²) in [7, 11) is 1.85. The van der Waals surface area contributed by atoms with Crippen molar-refractivity contribution in [2.24, 2.45) is 5.73 Å². The topological polar surface area (TPSA) is 97.6 Å². The monoisotopic (exact) mass is 292 g/mol. The van der Waals surface area contributed by atoms with E-state index in [0.29, 0.717) is 52.6 Å². The molecule has 0 fully saturated rings. The minimum absolute atomic E-state index is 0.00321. The van der Waals surface area contributed by atoms with Gasteiger partial charge < -0.3 is 31.2 Å². The number of carbonyl (C=O) groups excluding carboxylic acids is 1. The molecule has 5 N–H and O–H groups in total. The molecule has 0 heterocycles. The van der Waals surface area contributed by atoms with Crippen molar-refractivity contribution in [3.05, 3.63) is 0 Å². The first-order valence-electron chi connectivity index (χ1n) is 7.28. The molecule has 0 aromatic heterocycles. The third-order valence-corrected chi connectivity index (χ3v) is 2.04. The summed E-state index contributed by atoms with van der Waals surface area (Å²) in [5.41, 5.74) is 5.26. The molecule has 7 heteroatoms. The number of hydrogen-bond acceptors (Lipinski definition) is 6. The molecule has 0 spiro atoms. The van der Waals surface area contributed by atoms with E-state index >= 15 is 0 Å². The normalized spacial score (nSPS) is 9.80. The molecule has 122 valence electrons. The van der Waals surface area contributed by atoms with Crippen LogP contribution in [0, 0.1) is 0 Å². The summed E-state index contributed by atoms with van der Waals surface area (Å²) in [6.07, 6.45) is 0. The maximum atomic E-state index is 11.3. The van der Waals surface area contributed by atoms with Gasteiger partial charge in [-0.1, -0.05) is 13.8 Å². The number of nitrogens with one attached hydrogen (secondary N) is 3. The number of nitrogens with two attached hydrogens (primary N) is 1. The molecule has 0 atom stereocenters. The first-order valence-corrected chi connectivity index (χ1v) is 7.28. The lowest BCUT2D eigenvalue weighted by Crippen LogP contribution is -2.38. The summed E-state index contributed by atoms with van der Waals surface area (Å²) in [6.45, 7) is 9.16. The standard InChI is InChI=1S/C11H26N4O3.C2H6/c1-13-3-4-15-11(16)10-14-5-7-18-9-8-17-6-2-12;1-2/h13-14H,2-10,12H2,1H3,(H,15,16);1-2H3. The number of hydrogen-bond donors (Lipinski definition) is 4. The number of amides is 1. The first-order chi connectivity index (χ1) is 9.81. The number of rotatable bonds is 13. The van der Waals surface area contributed by atoms with Gasteiger partial charge in [0, 0.05) is 26.2 Å². The minimum atomic E-state index is -0.00321. The van der Waals surface area contributed by atoms with Crippen LogP contribution in [0.1, 0.15) is 13.8 Å². The Morgan fingerprint density at radius 3 is 2.25 bits per heavy atom. The van der Waals surface area contributed by atoms with Gasteiger partial charge in [0.1, 0.15) is 0 Å². The summed E-state index contributed by atoms with van der Waals surface area (Å²) in [5, 5.41) is 8.72. The highest BCUT2D eigenvalue weighted by atomic mass is 16.5. The molecule has 0 unspecified atom stereocenters. The van der Waals surface area contributed by atoms with Crippen LogP contribution in [0.15, 0.2) is 0 Å². The van der Waals surface area contributed by atoms with Gasteiger partial charge in [-0.05, 0) is 7.05 Å². The second kappa shape index (κ2) is 20.6. The van der Waals surface area contributed by atoms with E-state index in [9.17, 15) is 4.79 Å². The lowest BCUT2D eigenvalue weighted by molar-refractivity contribution is -0.120. The van der Waals surface area contributed by atoms with E-state index in [2.05, 4.69) is 16.0 Å². The highest BCUT2D eigenvalue weighted by Gasteiger charge is 1.98. The smallest absolute Gasteiger partial charge is 0.234 e. The number of ether oxygens (including phenoxy) is 2. The highest BCUT2D eigenvalue weighted by molar-refractivity contribution is 5.77. The molecule has 0 aliphatic heterocycles. The van der Waals surface area contributed by atoms with Crippen LogP contribution >= 0.6 is 0 Å². The van der Waals surface area contributed by atoms with Gasteiger partial charge >= 0.3 is 0 Å². The predicted molar refractivity (Wildman–Crippen MR) is 81.8 cm³/mol. The van der Waals surface area contributed by atoms with Crippen molar-refractivity contribution in [2.45, 2.75) is 13.8 Å². The van der Waals surface area contributed by atoms with Crippen molar-refractivity contribution in [2.75, 3.05) is 66.2 Å². The van der Waals surface area contributed by atoms with Gasteiger partial charge in [-0.2, -0.15) is 0 Å². The highest BCUT2D eigenvalue weighted by Crippen LogP contribution is 1.77. The minimum Gasteiger partial charge on any atom is -0.378 e. The molecule has 0 aliphatic carbocycles. The first kappa shape index (κ1) is 21.6. The van der Waals surface area contributed by atoms with Crippen molar-refractivity contribution in [1.29, 1.82) is 0 Å². The quantitative estimate of drug-likeness (QED) is 0.323. The molecular weight excluding hydrogens is 260 g/mol. The van der Waals surface area contributed by atoms with E-state index in [-0.39, 0.29) is 5.91 Å². The average Bonchev–Trinajstić information content (AvgIpc) is 2.48. The van der Waals surface area contributed by atoms with Crippen molar-refractivity contribution >= 4 is 5.91 Å². The van der Waals surface area contributed by atoms with Gasteiger partial charge in [-0.25, -0.2) is 0 Å². The molecule has 0 rings (SSSR count). The molecule has 0 aromatic rings. The van der Waals surface area contributed by atoms with E-state index in [4.69, 9.17) is 15.2 Å². The summed E-state index contributed by atoms with van der Waals surface area (Å²) < 4.78 is 10.4. The van der Waals surface area contributed by atoms with Gasteiger partial charge in [-0.15, -0.1) is 0 Å². The Morgan fingerprint density at radius 2 is 1.65 bits per heavy atom. The van der Waals surface area contributed by atoms with Gasteiger partial charge in [0.25, 0.3) is 0 Å². The maximum Gasteiger partial charge on any atom is 0.234 e. The summed E-state index contributed by atoms with van der Waals surface area (Å²) in [5.74, 6) is -0.00321. The zero-order chi connectivity index (χ0) is 15.5. The van der Waals surface area contributed by atoms with Crippen molar-refractivity contribution in [1.82, 2.24) is 16.0 Å². The fourth-order valence-corrected chi connectivity index (χ4v) is 1.14. The van der Waals surface area contributed by atoms with Gasteiger partial charge in [-0.3, -0.25) is 4.79 Å². The van der Waals surface area contributed by atoms with Crippen molar-refractivity contribution in [3.8, 4) is 0 Å². The fraction of sp³-hybridized carbons (Fsp3) is 0.923. The van der Waals surface area contributed by atoms with Crippen LogP contribution in [-0.4, -0.2) is 72.1 Å². The summed E-state index contributed by atoms with van der Waals surface area (Å²) in [6, 6.07) is 0. The summed E-state index contributed by atoms with van der Waals surface area (Å²) >= 11 is 0. The molecule has 0 radical (unpaired) electrons. The molecule has 0 saturated heterocycles. The number of carbonyl (C=O) groups is 1. The van der Waals surface area contributed by atoms with Crippen LogP contribution in [0.5, 0.6) is 0 Å². The van der Waals surface area contributed by atoms with Crippen LogP contribution < -0.4 is 21.7 Å². The molecule has 0 aromatic carbocycles. The average molecular weight is 292 g/mol. The molecule has 0 bridgehead atoms. The molecule has 0 saturated carbocycles. The second-order valence-electron chi connectivity index (χ2n) is 3.64.